The minimum atomic E-state index is -0.484. The SMILES string of the molecule is CCOC(=O)C=C[C@H](C[C@@H]1CCNC1=O)NC(=O)C=Cc1ccccc1OC. The Morgan fingerprint density at radius 1 is 1.32 bits per heavy atom. The van der Waals surface area contributed by atoms with Crippen LogP contribution in [-0.4, -0.2) is 44.1 Å². The molecule has 0 bridgehead atoms. The fourth-order valence-corrected chi connectivity index (χ4v) is 2.95. The Morgan fingerprint density at radius 2 is 2.11 bits per heavy atom. The molecule has 1 aromatic rings. The number of benzene rings is 1. The lowest BCUT2D eigenvalue weighted by molar-refractivity contribution is -0.137. The number of para-hydroxylation sites is 1. The van der Waals surface area contributed by atoms with E-state index in [1.165, 1.54) is 12.2 Å². The smallest absolute Gasteiger partial charge is 0.330 e. The molecule has 7 nitrogen and oxygen atoms in total. The summed E-state index contributed by atoms with van der Waals surface area (Å²) in [6, 6.07) is 6.88. The van der Waals surface area contributed by atoms with Crippen molar-refractivity contribution in [2.45, 2.75) is 25.8 Å². The van der Waals surface area contributed by atoms with Crippen LogP contribution in [0.4, 0.5) is 0 Å². The lowest BCUT2D eigenvalue weighted by Gasteiger charge is -2.17. The van der Waals surface area contributed by atoms with E-state index in [0.29, 0.717) is 25.1 Å². The summed E-state index contributed by atoms with van der Waals surface area (Å²) in [7, 11) is 1.57. The van der Waals surface area contributed by atoms with E-state index in [1.807, 2.05) is 18.2 Å². The maximum atomic E-state index is 12.4. The van der Waals surface area contributed by atoms with E-state index in [4.69, 9.17) is 9.47 Å². The number of carbonyl (C=O) groups excluding carboxylic acids is 3. The van der Waals surface area contributed by atoms with Gasteiger partial charge in [-0.15, -0.1) is 0 Å². The molecule has 0 aromatic heterocycles. The van der Waals surface area contributed by atoms with Crippen molar-refractivity contribution in [3.05, 3.63) is 48.1 Å². The zero-order valence-electron chi connectivity index (χ0n) is 16.1. The van der Waals surface area contributed by atoms with E-state index in [2.05, 4.69) is 10.6 Å². The summed E-state index contributed by atoms with van der Waals surface area (Å²) in [6.07, 6.45) is 7.02. The van der Waals surface area contributed by atoms with Gasteiger partial charge < -0.3 is 20.1 Å². The minimum absolute atomic E-state index is 0.0339. The summed E-state index contributed by atoms with van der Waals surface area (Å²) in [5.41, 5.74) is 0.772. The van der Waals surface area contributed by atoms with Crippen LogP contribution in [0.5, 0.6) is 5.75 Å². The first kappa shape index (κ1) is 21.2. The monoisotopic (exact) mass is 386 g/mol. The van der Waals surface area contributed by atoms with Crippen LogP contribution in [0.25, 0.3) is 6.08 Å². The number of esters is 1. The highest BCUT2D eigenvalue weighted by Crippen LogP contribution is 2.19. The predicted octanol–water partition coefficient (Wildman–Crippen LogP) is 1.84. The normalized spacial score (nSPS) is 17.5. The fourth-order valence-electron chi connectivity index (χ4n) is 2.95. The van der Waals surface area contributed by atoms with Crippen LogP contribution in [0, 0.1) is 5.92 Å². The van der Waals surface area contributed by atoms with Crippen LogP contribution in [0.1, 0.15) is 25.3 Å². The minimum Gasteiger partial charge on any atom is -0.496 e. The van der Waals surface area contributed by atoms with Gasteiger partial charge in [0.05, 0.1) is 13.7 Å². The molecule has 2 atom stereocenters. The van der Waals surface area contributed by atoms with Gasteiger partial charge in [0.2, 0.25) is 11.8 Å². The van der Waals surface area contributed by atoms with Crippen molar-refractivity contribution in [1.29, 1.82) is 0 Å². The summed E-state index contributed by atoms with van der Waals surface area (Å²) in [5.74, 6) is -0.387. The first-order valence-electron chi connectivity index (χ1n) is 9.27. The summed E-state index contributed by atoms with van der Waals surface area (Å²) in [6.45, 7) is 2.61. The van der Waals surface area contributed by atoms with Gasteiger partial charge in [-0.3, -0.25) is 9.59 Å². The zero-order valence-corrected chi connectivity index (χ0v) is 16.1. The van der Waals surface area contributed by atoms with Gasteiger partial charge in [0.25, 0.3) is 0 Å². The molecule has 2 N–H and O–H groups in total. The average molecular weight is 386 g/mol. The van der Waals surface area contributed by atoms with E-state index >= 15 is 0 Å². The second kappa shape index (κ2) is 10.9. The second-order valence-corrected chi connectivity index (χ2v) is 6.31. The lowest BCUT2D eigenvalue weighted by Crippen LogP contribution is -2.35. The maximum absolute atomic E-state index is 12.4. The van der Waals surface area contributed by atoms with Crippen molar-refractivity contribution in [2.24, 2.45) is 5.92 Å². The van der Waals surface area contributed by atoms with E-state index in [1.54, 1.807) is 32.3 Å². The number of nitrogens with one attached hydrogen (secondary N) is 2. The maximum Gasteiger partial charge on any atom is 0.330 e. The van der Waals surface area contributed by atoms with Crippen molar-refractivity contribution in [3.8, 4) is 5.75 Å². The molecule has 2 rings (SSSR count). The molecular weight excluding hydrogens is 360 g/mol. The molecule has 1 aliphatic heterocycles. The molecule has 1 heterocycles. The van der Waals surface area contributed by atoms with Gasteiger partial charge in [0, 0.05) is 36.2 Å². The number of hydrogen-bond donors (Lipinski definition) is 2. The van der Waals surface area contributed by atoms with Crippen molar-refractivity contribution in [1.82, 2.24) is 10.6 Å². The quantitative estimate of drug-likeness (QED) is 0.499. The van der Waals surface area contributed by atoms with E-state index in [0.717, 1.165) is 5.56 Å². The predicted molar refractivity (Wildman–Crippen MR) is 105 cm³/mol. The van der Waals surface area contributed by atoms with E-state index < -0.39 is 12.0 Å². The Kier molecular flexibility index (Phi) is 8.27. The second-order valence-electron chi connectivity index (χ2n) is 6.31. The number of rotatable bonds is 9. The molecular formula is C21H26N2O5. The van der Waals surface area contributed by atoms with Crippen molar-refractivity contribution in [3.63, 3.8) is 0 Å². The summed E-state index contributed by atoms with van der Waals surface area (Å²) in [5, 5.41) is 5.61. The van der Waals surface area contributed by atoms with Crippen molar-refractivity contribution >= 4 is 23.9 Å². The lowest BCUT2D eigenvalue weighted by atomic mass is 9.98. The molecule has 0 saturated carbocycles. The third-order valence-corrected chi connectivity index (χ3v) is 4.33. The zero-order chi connectivity index (χ0) is 20.4. The van der Waals surface area contributed by atoms with Gasteiger partial charge in [-0.2, -0.15) is 0 Å². The van der Waals surface area contributed by atoms with Gasteiger partial charge in [0.15, 0.2) is 0 Å². The summed E-state index contributed by atoms with van der Waals surface area (Å²) >= 11 is 0. The molecule has 0 unspecified atom stereocenters. The average Bonchev–Trinajstić information content (AvgIpc) is 3.09. The molecule has 28 heavy (non-hydrogen) atoms. The highest BCUT2D eigenvalue weighted by molar-refractivity contribution is 5.92. The highest BCUT2D eigenvalue weighted by atomic mass is 16.5. The van der Waals surface area contributed by atoms with Gasteiger partial charge in [-0.25, -0.2) is 4.79 Å². The van der Waals surface area contributed by atoms with Crippen LogP contribution < -0.4 is 15.4 Å². The van der Waals surface area contributed by atoms with Crippen molar-refractivity contribution < 1.29 is 23.9 Å². The van der Waals surface area contributed by atoms with Crippen LogP contribution in [-0.2, 0) is 19.1 Å². The Labute approximate surface area is 164 Å². The van der Waals surface area contributed by atoms with Crippen LogP contribution in [0.2, 0.25) is 0 Å². The van der Waals surface area contributed by atoms with Gasteiger partial charge in [0.1, 0.15) is 5.75 Å². The van der Waals surface area contributed by atoms with Gasteiger partial charge >= 0.3 is 5.97 Å². The molecule has 1 aliphatic rings. The van der Waals surface area contributed by atoms with Gasteiger partial charge in [-0.1, -0.05) is 24.3 Å². The first-order chi connectivity index (χ1) is 13.5. The summed E-state index contributed by atoms with van der Waals surface area (Å²) in [4.78, 5) is 35.8. The Hall–Kier alpha value is -3.09. The molecule has 1 aromatic carbocycles. The molecule has 2 amide bonds. The van der Waals surface area contributed by atoms with Crippen LogP contribution >= 0.6 is 0 Å². The number of hydrogen-bond acceptors (Lipinski definition) is 5. The highest BCUT2D eigenvalue weighted by Gasteiger charge is 2.26. The number of ether oxygens (including phenoxy) is 2. The van der Waals surface area contributed by atoms with Crippen molar-refractivity contribution in [2.75, 3.05) is 20.3 Å². The van der Waals surface area contributed by atoms with Crippen LogP contribution in [0.15, 0.2) is 42.5 Å². The summed E-state index contributed by atoms with van der Waals surface area (Å²) < 4.78 is 10.1. The first-order valence-corrected chi connectivity index (χ1v) is 9.27. The Bertz CT molecular complexity index is 757. The molecule has 0 spiro atoms. The standard InChI is InChI=1S/C21H26N2O5/c1-3-28-20(25)11-9-17(14-16-12-13-22-21(16)26)23-19(24)10-8-15-6-4-5-7-18(15)27-2/h4-11,16-17H,3,12-14H2,1-2H3,(H,22,26)(H,23,24)/t16-,17+/m0/s1. The molecule has 0 radical (unpaired) electrons. The van der Waals surface area contributed by atoms with Crippen LogP contribution in [0.3, 0.4) is 0 Å². The van der Waals surface area contributed by atoms with E-state index in [9.17, 15) is 14.4 Å². The molecule has 150 valence electrons. The Balaban J connectivity index is 2.04. The fraction of sp³-hybridized carbons (Fsp3) is 0.381. The Morgan fingerprint density at radius 3 is 2.79 bits per heavy atom. The topological polar surface area (TPSA) is 93.7 Å². The molecule has 1 fully saturated rings. The third kappa shape index (κ3) is 6.57. The molecule has 7 heteroatoms. The number of amides is 2. The largest absolute Gasteiger partial charge is 0.496 e. The molecule has 0 aliphatic carbocycles. The number of carbonyl (C=O) groups is 3. The van der Waals surface area contributed by atoms with E-state index in [-0.39, 0.29) is 24.3 Å². The van der Waals surface area contributed by atoms with Gasteiger partial charge in [-0.05, 0) is 31.9 Å². The molecule has 1 saturated heterocycles. The third-order valence-electron chi connectivity index (χ3n) is 4.33. The number of methoxy groups -OCH3 is 1.